The molecule has 0 aromatic carbocycles. The van der Waals surface area contributed by atoms with Crippen LogP contribution >= 0.6 is 11.3 Å². The second-order valence-corrected chi connectivity index (χ2v) is 3.12. The Bertz CT molecular complexity index is 181. The minimum absolute atomic E-state index is 0.999. The molecule has 50 valence electrons. The third kappa shape index (κ3) is 1.80. The normalized spacial score (nSPS) is 10.0. The SMILES string of the molecule is CNCc1cc(C)cs1. The first-order chi connectivity index (χ1) is 4.33. The van der Waals surface area contributed by atoms with Gasteiger partial charge in [0.25, 0.3) is 0 Å². The van der Waals surface area contributed by atoms with Crippen LogP contribution < -0.4 is 5.32 Å². The molecule has 0 aliphatic heterocycles. The van der Waals surface area contributed by atoms with Crippen molar-refractivity contribution in [1.29, 1.82) is 0 Å². The number of hydrogen-bond donors (Lipinski definition) is 1. The quantitative estimate of drug-likeness (QED) is 0.662. The lowest BCUT2D eigenvalue weighted by Crippen LogP contribution is -2.02. The topological polar surface area (TPSA) is 12.0 Å². The van der Waals surface area contributed by atoms with E-state index in [4.69, 9.17) is 0 Å². The molecule has 0 amide bonds. The van der Waals surface area contributed by atoms with Gasteiger partial charge in [0.1, 0.15) is 0 Å². The summed E-state index contributed by atoms with van der Waals surface area (Å²) in [6, 6.07) is 2.21. The van der Waals surface area contributed by atoms with Gasteiger partial charge in [-0.05, 0) is 31.0 Å². The van der Waals surface area contributed by atoms with E-state index < -0.39 is 0 Å². The zero-order chi connectivity index (χ0) is 6.69. The molecule has 1 aromatic heterocycles. The van der Waals surface area contributed by atoms with Crippen LogP contribution in [0.1, 0.15) is 10.4 Å². The van der Waals surface area contributed by atoms with E-state index in [1.54, 1.807) is 0 Å². The Morgan fingerprint density at radius 2 is 2.44 bits per heavy atom. The van der Waals surface area contributed by atoms with Crippen LogP contribution in [-0.4, -0.2) is 7.05 Å². The van der Waals surface area contributed by atoms with Gasteiger partial charge in [-0.25, -0.2) is 0 Å². The number of aryl methyl sites for hydroxylation is 1. The minimum Gasteiger partial charge on any atom is -0.315 e. The van der Waals surface area contributed by atoms with Crippen LogP contribution in [0.4, 0.5) is 0 Å². The van der Waals surface area contributed by atoms with Gasteiger partial charge in [0.15, 0.2) is 0 Å². The molecule has 1 heterocycles. The first-order valence-electron chi connectivity index (χ1n) is 3.01. The molecular formula is C7H11NS. The molecule has 0 spiro atoms. The van der Waals surface area contributed by atoms with Crippen LogP contribution in [0, 0.1) is 6.92 Å². The van der Waals surface area contributed by atoms with E-state index >= 15 is 0 Å². The summed E-state index contributed by atoms with van der Waals surface area (Å²) >= 11 is 1.81. The number of hydrogen-bond acceptors (Lipinski definition) is 2. The Labute approximate surface area is 59.7 Å². The lowest BCUT2D eigenvalue weighted by Gasteiger charge is -1.89. The molecule has 0 saturated heterocycles. The smallest absolute Gasteiger partial charge is 0.0296 e. The van der Waals surface area contributed by atoms with E-state index in [1.807, 2.05) is 18.4 Å². The summed E-state index contributed by atoms with van der Waals surface area (Å²) in [7, 11) is 1.97. The summed E-state index contributed by atoms with van der Waals surface area (Å²) < 4.78 is 0. The monoisotopic (exact) mass is 141 g/mol. The zero-order valence-corrected chi connectivity index (χ0v) is 6.59. The fraction of sp³-hybridized carbons (Fsp3) is 0.429. The second-order valence-electron chi connectivity index (χ2n) is 2.12. The van der Waals surface area contributed by atoms with Crippen molar-refractivity contribution in [3.8, 4) is 0 Å². The van der Waals surface area contributed by atoms with Gasteiger partial charge in [0.05, 0.1) is 0 Å². The second kappa shape index (κ2) is 2.99. The molecule has 0 fully saturated rings. The van der Waals surface area contributed by atoms with Gasteiger partial charge in [-0.2, -0.15) is 0 Å². The van der Waals surface area contributed by atoms with E-state index in [0.717, 1.165) is 6.54 Å². The third-order valence-electron chi connectivity index (χ3n) is 1.14. The highest BCUT2D eigenvalue weighted by molar-refractivity contribution is 7.10. The molecule has 1 rings (SSSR count). The molecule has 9 heavy (non-hydrogen) atoms. The first kappa shape index (κ1) is 6.78. The average molecular weight is 141 g/mol. The lowest BCUT2D eigenvalue weighted by molar-refractivity contribution is 0.831. The molecular weight excluding hydrogens is 130 g/mol. The van der Waals surface area contributed by atoms with Gasteiger partial charge in [0.2, 0.25) is 0 Å². The summed E-state index contributed by atoms with van der Waals surface area (Å²) in [6.45, 7) is 3.12. The Balaban J connectivity index is 2.61. The summed E-state index contributed by atoms with van der Waals surface area (Å²) in [5.74, 6) is 0. The van der Waals surface area contributed by atoms with E-state index in [1.165, 1.54) is 10.4 Å². The van der Waals surface area contributed by atoms with Crippen LogP contribution in [0.2, 0.25) is 0 Å². The molecule has 0 aliphatic carbocycles. The molecule has 2 heteroatoms. The summed E-state index contributed by atoms with van der Waals surface area (Å²) in [4.78, 5) is 1.41. The van der Waals surface area contributed by atoms with E-state index in [-0.39, 0.29) is 0 Å². The van der Waals surface area contributed by atoms with Gasteiger partial charge in [-0.15, -0.1) is 11.3 Å². The molecule has 1 aromatic rings. The molecule has 0 atom stereocenters. The van der Waals surface area contributed by atoms with Gasteiger partial charge in [0, 0.05) is 11.4 Å². The molecule has 0 radical (unpaired) electrons. The van der Waals surface area contributed by atoms with E-state index in [0.29, 0.717) is 0 Å². The van der Waals surface area contributed by atoms with Gasteiger partial charge >= 0.3 is 0 Å². The summed E-state index contributed by atoms with van der Waals surface area (Å²) in [5, 5.41) is 5.28. The largest absolute Gasteiger partial charge is 0.315 e. The predicted octanol–water partition coefficient (Wildman–Crippen LogP) is 1.78. The fourth-order valence-corrected chi connectivity index (χ4v) is 1.64. The van der Waals surface area contributed by atoms with Crippen molar-refractivity contribution in [3.05, 3.63) is 21.9 Å². The Hall–Kier alpha value is -0.340. The Kier molecular flexibility index (Phi) is 2.25. The summed E-state index contributed by atoms with van der Waals surface area (Å²) in [5.41, 5.74) is 1.37. The van der Waals surface area contributed by atoms with Crippen molar-refractivity contribution in [1.82, 2.24) is 5.32 Å². The molecule has 0 unspecified atom stereocenters. The lowest BCUT2D eigenvalue weighted by atomic mass is 10.3. The maximum Gasteiger partial charge on any atom is 0.0296 e. The number of nitrogens with one attached hydrogen (secondary N) is 1. The molecule has 0 saturated carbocycles. The first-order valence-corrected chi connectivity index (χ1v) is 3.89. The van der Waals surface area contributed by atoms with Gasteiger partial charge in [-0.3, -0.25) is 0 Å². The average Bonchev–Trinajstić information content (AvgIpc) is 2.17. The number of rotatable bonds is 2. The number of thiophene rings is 1. The minimum atomic E-state index is 0.999. The van der Waals surface area contributed by atoms with Crippen molar-refractivity contribution in [3.63, 3.8) is 0 Å². The highest BCUT2D eigenvalue weighted by Crippen LogP contribution is 2.12. The maximum absolute atomic E-state index is 3.11. The highest BCUT2D eigenvalue weighted by atomic mass is 32.1. The van der Waals surface area contributed by atoms with Gasteiger partial charge in [-0.1, -0.05) is 0 Å². The van der Waals surface area contributed by atoms with E-state index in [2.05, 4.69) is 23.7 Å². The van der Waals surface area contributed by atoms with Crippen molar-refractivity contribution in [2.75, 3.05) is 7.05 Å². The summed E-state index contributed by atoms with van der Waals surface area (Å²) in [6.07, 6.45) is 0. The van der Waals surface area contributed by atoms with Crippen LogP contribution in [-0.2, 0) is 6.54 Å². The van der Waals surface area contributed by atoms with Crippen molar-refractivity contribution < 1.29 is 0 Å². The fourth-order valence-electron chi connectivity index (χ4n) is 0.758. The van der Waals surface area contributed by atoms with Gasteiger partial charge < -0.3 is 5.32 Å². The van der Waals surface area contributed by atoms with Crippen molar-refractivity contribution in [2.45, 2.75) is 13.5 Å². The standard InChI is InChI=1S/C7H11NS/c1-6-3-7(4-8-2)9-5-6/h3,5,8H,4H2,1-2H3. The van der Waals surface area contributed by atoms with Crippen LogP contribution in [0.25, 0.3) is 0 Å². The highest BCUT2D eigenvalue weighted by Gasteiger charge is 1.91. The Morgan fingerprint density at radius 3 is 2.89 bits per heavy atom. The predicted molar refractivity (Wildman–Crippen MR) is 41.8 cm³/mol. The molecule has 1 nitrogen and oxygen atoms in total. The molecule has 0 bridgehead atoms. The molecule has 0 aliphatic rings. The Morgan fingerprint density at radius 1 is 1.67 bits per heavy atom. The molecule has 1 N–H and O–H groups in total. The van der Waals surface area contributed by atoms with Crippen LogP contribution in [0.5, 0.6) is 0 Å². The third-order valence-corrected chi connectivity index (χ3v) is 2.19. The maximum atomic E-state index is 3.11. The van der Waals surface area contributed by atoms with Crippen LogP contribution in [0.3, 0.4) is 0 Å². The van der Waals surface area contributed by atoms with Crippen LogP contribution in [0.15, 0.2) is 11.4 Å². The zero-order valence-electron chi connectivity index (χ0n) is 5.77. The van der Waals surface area contributed by atoms with Crippen molar-refractivity contribution >= 4 is 11.3 Å². The van der Waals surface area contributed by atoms with E-state index in [9.17, 15) is 0 Å². The van der Waals surface area contributed by atoms with Crippen molar-refractivity contribution in [2.24, 2.45) is 0 Å².